The summed E-state index contributed by atoms with van der Waals surface area (Å²) in [5.74, 6) is -0.867. The van der Waals surface area contributed by atoms with Gasteiger partial charge in [0.2, 0.25) is 0 Å². The normalized spacial score (nSPS) is 20.6. The molecule has 10 nitrogen and oxygen atoms in total. The fourth-order valence-electron chi connectivity index (χ4n) is 6.81. The molecule has 1 heterocycles. The minimum atomic E-state index is -1.60. The molecule has 0 aromatic rings. The molecule has 1 rings (SSSR count). The monoisotopic (exact) mass is 809 g/mol. The van der Waals surface area contributed by atoms with E-state index in [0.29, 0.717) is 12.8 Å². The van der Waals surface area contributed by atoms with E-state index < -0.39 is 55.4 Å². The number of aliphatic hydroxyl groups is 4. The molecule has 0 aromatic heterocycles. The van der Waals surface area contributed by atoms with Gasteiger partial charge < -0.3 is 39.4 Å². The summed E-state index contributed by atoms with van der Waals surface area (Å²) in [6.07, 6.45) is 35.9. The fourth-order valence-corrected chi connectivity index (χ4v) is 6.81. The van der Waals surface area contributed by atoms with E-state index in [-0.39, 0.29) is 26.1 Å². The Bertz CT molecular complexity index is 1030. The van der Waals surface area contributed by atoms with E-state index in [4.69, 9.17) is 18.9 Å². The second-order valence-corrected chi connectivity index (χ2v) is 15.8. The van der Waals surface area contributed by atoms with Gasteiger partial charge in [-0.2, -0.15) is 0 Å². The minimum absolute atomic E-state index is 0.165. The van der Waals surface area contributed by atoms with Gasteiger partial charge in [-0.05, 0) is 64.2 Å². The molecule has 0 bridgehead atoms. The van der Waals surface area contributed by atoms with Gasteiger partial charge in [-0.1, -0.05) is 153 Å². The lowest BCUT2D eigenvalue weighted by Gasteiger charge is -2.39. The Morgan fingerprint density at radius 3 is 1.53 bits per heavy atom. The summed E-state index contributed by atoms with van der Waals surface area (Å²) in [5.41, 5.74) is 0. The first-order valence-electron chi connectivity index (χ1n) is 23.1. The molecule has 1 saturated heterocycles. The molecular weight excluding hydrogens is 725 g/mol. The number of unbranched alkanes of at least 4 members (excludes halogenated alkanes) is 21. The lowest BCUT2D eigenvalue weighted by atomic mass is 9.99. The van der Waals surface area contributed by atoms with Crippen molar-refractivity contribution in [2.75, 3.05) is 19.8 Å². The van der Waals surface area contributed by atoms with Crippen molar-refractivity contribution in [3.63, 3.8) is 0 Å². The zero-order valence-corrected chi connectivity index (χ0v) is 36.1. The summed E-state index contributed by atoms with van der Waals surface area (Å²) < 4.78 is 22.1. The lowest BCUT2D eigenvalue weighted by Crippen LogP contribution is -2.59. The Hall–Kier alpha value is -2.08. The van der Waals surface area contributed by atoms with E-state index in [0.717, 1.165) is 51.4 Å². The van der Waals surface area contributed by atoms with Crippen LogP contribution in [0.1, 0.15) is 194 Å². The largest absolute Gasteiger partial charge is 0.462 e. The highest BCUT2D eigenvalue weighted by Gasteiger charge is 2.44. The van der Waals surface area contributed by atoms with Crippen molar-refractivity contribution in [3.05, 3.63) is 36.5 Å². The molecule has 0 amide bonds. The Labute approximate surface area is 346 Å². The van der Waals surface area contributed by atoms with Gasteiger partial charge in [0.05, 0.1) is 13.2 Å². The van der Waals surface area contributed by atoms with E-state index in [1.165, 1.54) is 103 Å². The van der Waals surface area contributed by atoms with Crippen molar-refractivity contribution >= 4 is 11.9 Å². The molecule has 6 atom stereocenters. The van der Waals surface area contributed by atoms with Crippen molar-refractivity contribution in [2.24, 2.45) is 0 Å². The molecule has 0 radical (unpaired) electrons. The third kappa shape index (κ3) is 29.7. The van der Waals surface area contributed by atoms with Crippen LogP contribution in [-0.4, -0.2) is 89.0 Å². The quantitative estimate of drug-likeness (QED) is 0.0270. The Balaban J connectivity index is 2.36. The minimum Gasteiger partial charge on any atom is -0.462 e. The Kier molecular flexibility index (Phi) is 35.4. The summed E-state index contributed by atoms with van der Waals surface area (Å²) >= 11 is 0. The van der Waals surface area contributed by atoms with E-state index in [1.54, 1.807) is 0 Å². The number of carbonyl (C=O) groups excluding carboxylic acids is 2. The number of rotatable bonds is 38. The van der Waals surface area contributed by atoms with Gasteiger partial charge in [0.25, 0.3) is 0 Å². The van der Waals surface area contributed by atoms with Crippen molar-refractivity contribution in [3.8, 4) is 0 Å². The summed E-state index contributed by atoms with van der Waals surface area (Å²) in [6, 6.07) is 0. The lowest BCUT2D eigenvalue weighted by molar-refractivity contribution is -0.305. The molecule has 1 aliphatic rings. The smallest absolute Gasteiger partial charge is 0.306 e. The van der Waals surface area contributed by atoms with Crippen LogP contribution < -0.4 is 0 Å². The van der Waals surface area contributed by atoms with Crippen LogP contribution in [0.25, 0.3) is 0 Å². The average molecular weight is 809 g/mol. The molecule has 1 aliphatic heterocycles. The van der Waals surface area contributed by atoms with Gasteiger partial charge in [0, 0.05) is 12.8 Å². The van der Waals surface area contributed by atoms with Crippen molar-refractivity contribution in [2.45, 2.75) is 230 Å². The van der Waals surface area contributed by atoms with Crippen LogP contribution in [0.2, 0.25) is 0 Å². The van der Waals surface area contributed by atoms with Crippen molar-refractivity contribution in [1.29, 1.82) is 0 Å². The highest BCUT2D eigenvalue weighted by atomic mass is 16.7. The van der Waals surface area contributed by atoms with E-state index in [1.807, 2.05) is 0 Å². The summed E-state index contributed by atoms with van der Waals surface area (Å²) in [6.45, 7) is 3.37. The first-order valence-corrected chi connectivity index (χ1v) is 23.1. The van der Waals surface area contributed by atoms with Crippen LogP contribution in [0.15, 0.2) is 36.5 Å². The number of esters is 2. The van der Waals surface area contributed by atoms with Gasteiger partial charge >= 0.3 is 11.9 Å². The molecule has 332 valence electrons. The first-order chi connectivity index (χ1) is 27.8. The van der Waals surface area contributed by atoms with Crippen molar-refractivity contribution < 1.29 is 49.0 Å². The summed E-state index contributed by atoms with van der Waals surface area (Å²) in [5, 5.41) is 40.1. The number of carbonyl (C=O) groups is 2. The van der Waals surface area contributed by atoms with Gasteiger partial charge in [-0.3, -0.25) is 9.59 Å². The molecule has 1 fully saturated rings. The molecule has 0 saturated carbocycles. The third-order valence-corrected chi connectivity index (χ3v) is 10.5. The molecule has 0 spiro atoms. The molecule has 0 aliphatic carbocycles. The Morgan fingerprint density at radius 1 is 0.544 bits per heavy atom. The highest BCUT2D eigenvalue weighted by Crippen LogP contribution is 2.22. The van der Waals surface area contributed by atoms with Gasteiger partial charge in [-0.25, -0.2) is 0 Å². The maximum Gasteiger partial charge on any atom is 0.306 e. The topological polar surface area (TPSA) is 152 Å². The van der Waals surface area contributed by atoms with Gasteiger partial charge in [0.1, 0.15) is 31.0 Å². The maximum atomic E-state index is 12.8. The Morgan fingerprint density at radius 2 is 1.00 bits per heavy atom. The van der Waals surface area contributed by atoms with Crippen LogP contribution in [0.4, 0.5) is 0 Å². The fraction of sp³-hybridized carbons (Fsp3) is 0.830. The van der Waals surface area contributed by atoms with Crippen LogP contribution in [-0.2, 0) is 28.5 Å². The van der Waals surface area contributed by atoms with Crippen LogP contribution >= 0.6 is 0 Å². The maximum absolute atomic E-state index is 12.8. The summed E-state index contributed by atoms with van der Waals surface area (Å²) in [4.78, 5) is 25.3. The average Bonchev–Trinajstić information content (AvgIpc) is 3.21. The molecule has 10 heteroatoms. The third-order valence-electron chi connectivity index (χ3n) is 10.5. The zero-order chi connectivity index (χ0) is 41.6. The first kappa shape index (κ1) is 52.9. The number of allylic oxidation sites excluding steroid dienone is 6. The molecule has 2 unspecified atom stereocenters. The molecule has 0 aromatic carbocycles. The van der Waals surface area contributed by atoms with E-state index in [9.17, 15) is 30.0 Å². The second kappa shape index (κ2) is 38.1. The predicted octanol–water partition coefficient (Wildman–Crippen LogP) is 9.89. The van der Waals surface area contributed by atoms with Gasteiger partial charge in [-0.15, -0.1) is 0 Å². The highest BCUT2D eigenvalue weighted by molar-refractivity contribution is 5.70. The number of aliphatic hydroxyl groups excluding tert-OH is 4. The molecule has 4 N–H and O–H groups in total. The van der Waals surface area contributed by atoms with Crippen LogP contribution in [0.5, 0.6) is 0 Å². The molecular formula is C47H84O10. The number of hydrogen-bond acceptors (Lipinski definition) is 10. The number of hydrogen-bond donors (Lipinski definition) is 4. The standard InChI is InChI=1S/C47H84O10/c1-3-5-7-9-11-13-15-17-19-20-22-24-26-28-30-32-34-36-43(50)56-40(39-55-47-46(53)45(52)44(51)41(37-48)57-47)38-54-42(49)35-33-31-29-27-25-23-21-18-16-14-12-10-8-6-4-2/h18,21-22,24,28,30,40-41,44-48,51-53H,3-17,19-20,23,25-27,29,31-39H2,1-2H3/b21-18+,24-22+,30-28+/t40-,41-,44+,45?,46?,47-/m1/s1. The van der Waals surface area contributed by atoms with Crippen molar-refractivity contribution in [1.82, 2.24) is 0 Å². The second-order valence-electron chi connectivity index (χ2n) is 15.8. The molecule has 57 heavy (non-hydrogen) atoms. The number of ether oxygens (including phenoxy) is 4. The van der Waals surface area contributed by atoms with Crippen LogP contribution in [0.3, 0.4) is 0 Å². The SMILES string of the molecule is CCCCCCCC/C=C/CCCCCCCC(=O)OC[C@H](CO[C@@H]1O[C@H](CO)[C@H](O)C(O)C1O)OC(=O)CCC/C=C/C/C=C/CCCCCCCCCCC. The predicted molar refractivity (Wildman–Crippen MR) is 229 cm³/mol. The van der Waals surface area contributed by atoms with E-state index in [2.05, 4.69) is 50.3 Å². The van der Waals surface area contributed by atoms with E-state index >= 15 is 0 Å². The van der Waals surface area contributed by atoms with Crippen LogP contribution in [0, 0.1) is 0 Å². The van der Waals surface area contributed by atoms with Gasteiger partial charge in [0.15, 0.2) is 12.4 Å². The summed E-state index contributed by atoms with van der Waals surface area (Å²) in [7, 11) is 0. The zero-order valence-electron chi connectivity index (χ0n) is 36.1.